The molecule has 2 N–H and O–H groups in total. The maximum Gasteiger partial charge on any atom is 0.325 e. The van der Waals surface area contributed by atoms with Crippen molar-refractivity contribution in [1.29, 1.82) is 0 Å². The fraction of sp³-hybridized carbons (Fsp3) is 0.667. The molecule has 0 bridgehead atoms. The predicted octanol–water partition coefficient (Wildman–Crippen LogP) is 11.1. The van der Waals surface area contributed by atoms with Crippen molar-refractivity contribution in [2.45, 2.75) is 148 Å². The molecule has 40 heavy (non-hydrogen) atoms. The fourth-order valence-electron chi connectivity index (χ4n) is 6.07. The van der Waals surface area contributed by atoms with Crippen molar-refractivity contribution >= 4 is 7.60 Å². The van der Waals surface area contributed by atoms with Gasteiger partial charge in [0.1, 0.15) is 0 Å². The van der Waals surface area contributed by atoms with Gasteiger partial charge in [0, 0.05) is 12.1 Å². The summed E-state index contributed by atoms with van der Waals surface area (Å²) in [6.07, 6.45) is 24.2. The molecule has 0 atom stereocenters. The van der Waals surface area contributed by atoms with Crippen LogP contribution >= 0.6 is 7.60 Å². The van der Waals surface area contributed by atoms with Crippen molar-refractivity contribution in [3.63, 3.8) is 0 Å². The van der Waals surface area contributed by atoms with Crippen LogP contribution in [-0.4, -0.2) is 15.9 Å². The number of hydrogen-bond donors (Lipinski definition) is 2. The van der Waals surface area contributed by atoms with E-state index in [1.54, 1.807) is 0 Å². The number of hydrogen-bond acceptors (Lipinski definition) is 1. The molecule has 0 saturated carbocycles. The molecule has 0 aliphatic carbocycles. The third-order valence-electron chi connectivity index (χ3n) is 8.40. The summed E-state index contributed by atoms with van der Waals surface area (Å²) >= 11 is 0. The molecule has 0 amide bonds. The summed E-state index contributed by atoms with van der Waals surface area (Å²) in [5.74, 6) is 0.419. The van der Waals surface area contributed by atoms with Gasteiger partial charge in [-0.25, -0.2) is 0 Å². The Balaban J connectivity index is 2.11. The lowest BCUT2D eigenvalue weighted by molar-refractivity contribution is 0.370. The topological polar surface area (TPSA) is 57.5 Å². The Bertz CT molecular complexity index is 891. The Labute approximate surface area is 246 Å². The molecule has 0 unspecified atom stereocenters. The van der Waals surface area contributed by atoms with Crippen LogP contribution in [0.4, 0.5) is 0 Å². The van der Waals surface area contributed by atoms with Crippen LogP contribution in [0, 0.1) is 0 Å². The lowest BCUT2D eigenvalue weighted by Crippen LogP contribution is -2.08. The van der Waals surface area contributed by atoms with E-state index in [4.69, 9.17) is 9.79 Å². The Morgan fingerprint density at radius 1 is 0.550 bits per heavy atom. The zero-order valence-corrected chi connectivity index (χ0v) is 26.7. The van der Waals surface area contributed by atoms with E-state index < -0.39 is 7.60 Å². The van der Waals surface area contributed by atoms with Gasteiger partial charge in [0.15, 0.2) is 0 Å². The van der Waals surface area contributed by atoms with Crippen molar-refractivity contribution in [3.05, 3.63) is 70.8 Å². The van der Waals surface area contributed by atoms with Crippen molar-refractivity contribution in [3.8, 4) is 0 Å². The molecule has 0 radical (unpaired) electrons. The molecule has 0 spiro atoms. The summed E-state index contributed by atoms with van der Waals surface area (Å²) in [7, 11) is -3.86. The molecule has 2 rings (SSSR count). The Hall–Kier alpha value is -1.41. The van der Waals surface area contributed by atoms with Crippen LogP contribution in [0.5, 0.6) is 0 Å². The smallest absolute Gasteiger partial charge is 0.324 e. The quantitative estimate of drug-likeness (QED) is 0.0975. The second-order valence-corrected chi connectivity index (χ2v) is 13.7. The van der Waals surface area contributed by atoms with Gasteiger partial charge in [0.2, 0.25) is 0 Å². The number of rotatable bonds is 24. The zero-order chi connectivity index (χ0) is 28.9. The molecule has 226 valence electrons. The van der Waals surface area contributed by atoms with Crippen molar-refractivity contribution in [2.24, 2.45) is 0 Å². The third-order valence-corrected chi connectivity index (χ3v) is 9.30. The molecule has 0 heterocycles. The van der Waals surface area contributed by atoms with Crippen LogP contribution in [0.3, 0.4) is 0 Å². The van der Waals surface area contributed by atoms with E-state index in [9.17, 15) is 4.57 Å². The van der Waals surface area contributed by atoms with Gasteiger partial charge >= 0.3 is 7.60 Å². The molecule has 0 aliphatic rings. The SMILES string of the molecule is CCCCCCCCc1ccccc1C(CCCCCCCP(=O)(O)O)c1ccccc1CCCCCCCC. The molecule has 2 aromatic rings. The minimum absolute atomic E-state index is 0.0211. The molecule has 0 saturated heterocycles. The molecule has 0 fully saturated rings. The van der Waals surface area contributed by atoms with E-state index in [1.165, 1.54) is 112 Å². The molecule has 4 heteroatoms. The number of aryl methyl sites for hydroxylation is 2. The normalized spacial score (nSPS) is 11.9. The fourth-order valence-corrected chi connectivity index (χ4v) is 6.71. The van der Waals surface area contributed by atoms with Crippen LogP contribution in [0.25, 0.3) is 0 Å². The van der Waals surface area contributed by atoms with Gasteiger partial charge in [-0.2, -0.15) is 0 Å². The summed E-state index contributed by atoms with van der Waals surface area (Å²) in [6, 6.07) is 18.4. The van der Waals surface area contributed by atoms with Crippen molar-refractivity contribution in [1.82, 2.24) is 0 Å². The van der Waals surface area contributed by atoms with Gasteiger partial charge in [-0.05, 0) is 60.8 Å². The van der Waals surface area contributed by atoms with E-state index >= 15 is 0 Å². The van der Waals surface area contributed by atoms with Gasteiger partial charge in [-0.3, -0.25) is 4.57 Å². The average molecular weight is 571 g/mol. The lowest BCUT2D eigenvalue weighted by Gasteiger charge is -2.24. The first-order valence-electron chi connectivity index (χ1n) is 16.7. The van der Waals surface area contributed by atoms with Crippen molar-refractivity contribution < 1.29 is 14.4 Å². The minimum Gasteiger partial charge on any atom is -0.324 e. The van der Waals surface area contributed by atoms with Gasteiger partial charge in [0.05, 0.1) is 0 Å². The Morgan fingerprint density at radius 2 is 0.950 bits per heavy atom. The van der Waals surface area contributed by atoms with Crippen LogP contribution in [0.15, 0.2) is 48.5 Å². The maximum absolute atomic E-state index is 11.2. The molecular weight excluding hydrogens is 511 g/mol. The van der Waals surface area contributed by atoms with Crippen LogP contribution < -0.4 is 0 Å². The van der Waals surface area contributed by atoms with Gasteiger partial charge < -0.3 is 9.79 Å². The second-order valence-electron chi connectivity index (χ2n) is 11.9. The summed E-state index contributed by atoms with van der Waals surface area (Å²) in [5.41, 5.74) is 6.10. The molecule has 0 aromatic heterocycles. The van der Waals surface area contributed by atoms with Crippen LogP contribution in [0.2, 0.25) is 0 Å². The first-order valence-corrected chi connectivity index (χ1v) is 18.5. The summed E-state index contributed by atoms with van der Waals surface area (Å²) in [4.78, 5) is 18.3. The number of benzene rings is 2. The number of unbranched alkanes of at least 4 members (excludes halogenated alkanes) is 14. The van der Waals surface area contributed by atoms with Crippen LogP contribution in [0.1, 0.15) is 158 Å². The predicted molar refractivity (Wildman–Crippen MR) is 174 cm³/mol. The Morgan fingerprint density at radius 3 is 1.43 bits per heavy atom. The highest BCUT2D eigenvalue weighted by atomic mass is 31.2. The minimum atomic E-state index is -3.86. The maximum atomic E-state index is 11.2. The molecule has 3 nitrogen and oxygen atoms in total. The van der Waals surface area contributed by atoms with Gasteiger partial charge in [-0.1, -0.05) is 152 Å². The van der Waals surface area contributed by atoms with E-state index in [-0.39, 0.29) is 6.16 Å². The van der Waals surface area contributed by atoms with Crippen LogP contribution in [-0.2, 0) is 17.4 Å². The highest BCUT2D eigenvalue weighted by Gasteiger charge is 2.20. The summed E-state index contributed by atoms with van der Waals surface area (Å²) in [5, 5.41) is 0. The lowest BCUT2D eigenvalue weighted by atomic mass is 9.80. The molecule has 2 aromatic carbocycles. The zero-order valence-electron chi connectivity index (χ0n) is 25.8. The highest BCUT2D eigenvalue weighted by molar-refractivity contribution is 7.51. The second kappa shape index (κ2) is 21.3. The van der Waals surface area contributed by atoms with Gasteiger partial charge in [-0.15, -0.1) is 0 Å². The first-order chi connectivity index (χ1) is 19.5. The largest absolute Gasteiger partial charge is 0.325 e. The van der Waals surface area contributed by atoms with E-state index in [0.717, 1.165) is 32.1 Å². The molecular formula is C36H59O3P. The monoisotopic (exact) mass is 570 g/mol. The average Bonchev–Trinajstić information content (AvgIpc) is 2.94. The standard InChI is InChI=1S/C36H59O3P/c1-3-5-7-9-12-16-24-32-26-19-21-28-34(32)36(30-18-14-11-15-23-31-40(37,38)39)35-29-22-20-27-33(35)25-17-13-10-8-6-4-2/h19-22,26-29,36H,3-18,23-25,30-31H2,1-2H3,(H2,37,38,39). The third kappa shape index (κ3) is 15.0. The van der Waals surface area contributed by atoms with E-state index in [0.29, 0.717) is 12.3 Å². The summed E-state index contributed by atoms with van der Waals surface area (Å²) in [6.45, 7) is 4.56. The Kier molecular flexibility index (Phi) is 18.5. The highest BCUT2D eigenvalue weighted by Crippen LogP contribution is 2.37. The van der Waals surface area contributed by atoms with E-state index in [1.807, 2.05) is 0 Å². The first kappa shape index (κ1) is 34.8. The van der Waals surface area contributed by atoms with Crippen molar-refractivity contribution in [2.75, 3.05) is 6.16 Å². The van der Waals surface area contributed by atoms with E-state index in [2.05, 4.69) is 62.4 Å². The van der Waals surface area contributed by atoms with Gasteiger partial charge in [0.25, 0.3) is 0 Å². The molecule has 0 aliphatic heterocycles. The summed E-state index contributed by atoms with van der Waals surface area (Å²) < 4.78 is 11.2.